The molecule has 1 N–H and O–H groups in total. The van der Waals surface area contributed by atoms with Crippen LogP contribution in [-0.2, 0) is 21.9 Å². The summed E-state index contributed by atoms with van der Waals surface area (Å²) in [5, 5.41) is 0. The zero-order valence-electron chi connectivity index (χ0n) is 18.2. The van der Waals surface area contributed by atoms with Crippen molar-refractivity contribution in [3.8, 4) is 0 Å². The minimum Gasteiger partial charge on any atom is -0.261 e. The van der Waals surface area contributed by atoms with Crippen LogP contribution in [0.1, 0.15) is 49.1 Å². The first-order valence-electron chi connectivity index (χ1n) is 10.7. The van der Waals surface area contributed by atoms with Crippen LogP contribution in [0.15, 0.2) is 75.5 Å². The van der Waals surface area contributed by atoms with Crippen molar-refractivity contribution in [3.05, 3.63) is 83.2 Å². The molecule has 0 spiro atoms. The lowest BCUT2D eigenvalue weighted by Gasteiger charge is -2.40. The zero-order chi connectivity index (χ0) is 22.1. The van der Waals surface area contributed by atoms with E-state index in [-0.39, 0.29) is 5.41 Å². The first-order valence-corrected chi connectivity index (χ1v) is 13.0. The quantitative estimate of drug-likeness (QED) is 0.516. The maximum absolute atomic E-state index is 13.1. The normalized spacial score (nSPS) is 14.7. The highest BCUT2D eigenvalue weighted by atomic mass is 32.2. The van der Waals surface area contributed by atoms with Gasteiger partial charge < -0.3 is 0 Å². The maximum Gasteiger partial charge on any atom is 0.240 e. The van der Waals surface area contributed by atoms with Crippen molar-refractivity contribution >= 4 is 21.8 Å². The van der Waals surface area contributed by atoms with E-state index in [0.29, 0.717) is 17.9 Å². The largest absolute Gasteiger partial charge is 0.261 e. The molecule has 0 radical (unpaired) electrons. The van der Waals surface area contributed by atoms with Crippen LogP contribution in [0.25, 0.3) is 0 Å². The van der Waals surface area contributed by atoms with Gasteiger partial charge in [-0.15, -0.1) is 0 Å². The van der Waals surface area contributed by atoms with E-state index in [0.717, 1.165) is 29.0 Å². The zero-order valence-corrected chi connectivity index (χ0v) is 19.8. The molecule has 1 aliphatic heterocycles. The van der Waals surface area contributed by atoms with Crippen LogP contribution in [0.2, 0.25) is 0 Å². The summed E-state index contributed by atoms with van der Waals surface area (Å²) < 4.78 is 29.0. The van der Waals surface area contributed by atoms with E-state index >= 15 is 0 Å². The molecule has 2 heterocycles. The first-order chi connectivity index (χ1) is 14.9. The van der Waals surface area contributed by atoms with Gasteiger partial charge in [-0.05, 0) is 60.7 Å². The van der Waals surface area contributed by atoms with Crippen LogP contribution in [0.5, 0.6) is 0 Å². The average Bonchev–Trinajstić information content (AvgIpc) is 2.78. The number of fused-ring (bicyclic) bond motifs is 2. The lowest BCUT2D eigenvalue weighted by Crippen LogP contribution is -2.31. The van der Waals surface area contributed by atoms with Crippen molar-refractivity contribution in [2.45, 2.75) is 60.1 Å². The summed E-state index contributed by atoms with van der Waals surface area (Å²) in [6.45, 7) is 6.66. The molecule has 0 saturated heterocycles. The third-order valence-electron chi connectivity index (χ3n) is 6.31. The molecule has 2 aromatic carbocycles. The van der Waals surface area contributed by atoms with Crippen LogP contribution in [0, 0.1) is 6.92 Å². The second-order valence-corrected chi connectivity index (χ2v) is 10.8. The van der Waals surface area contributed by atoms with Crippen LogP contribution >= 0.6 is 11.8 Å². The number of aryl methyl sites for hydroxylation is 1. The number of aromatic nitrogens is 1. The third-order valence-corrected chi connectivity index (χ3v) is 9.05. The van der Waals surface area contributed by atoms with Gasteiger partial charge in [0, 0.05) is 40.1 Å². The Balaban J connectivity index is 1.68. The van der Waals surface area contributed by atoms with E-state index in [1.807, 2.05) is 31.2 Å². The Hall–Kier alpha value is -2.15. The van der Waals surface area contributed by atoms with Gasteiger partial charge in [0.2, 0.25) is 10.0 Å². The summed E-state index contributed by atoms with van der Waals surface area (Å²) in [4.78, 5) is 6.88. The number of benzene rings is 2. The molecule has 4 nitrogen and oxygen atoms in total. The topological polar surface area (TPSA) is 59.1 Å². The fraction of sp³-hybridized carbons (Fsp3) is 0.320. The van der Waals surface area contributed by atoms with Crippen LogP contribution in [0.3, 0.4) is 0 Å². The van der Waals surface area contributed by atoms with Crippen molar-refractivity contribution in [1.29, 1.82) is 0 Å². The van der Waals surface area contributed by atoms with E-state index in [2.05, 4.69) is 53.9 Å². The molecule has 0 atom stereocenters. The van der Waals surface area contributed by atoms with Gasteiger partial charge in [0.25, 0.3) is 0 Å². The number of nitrogens with one attached hydrogen (secondary N) is 1. The summed E-state index contributed by atoms with van der Waals surface area (Å²) in [6.07, 6.45) is 4.23. The van der Waals surface area contributed by atoms with Gasteiger partial charge in [-0.3, -0.25) is 4.98 Å². The molecule has 0 amide bonds. The van der Waals surface area contributed by atoms with Gasteiger partial charge in [0.1, 0.15) is 0 Å². The molecule has 4 rings (SSSR count). The Bertz CT molecular complexity index is 1190. The predicted molar refractivity (Wildman–Crippen MR) is 126 cm³/mol. The molecule has 0 bridgehead atoms. The molecule has 6 heteroatoms. The number of rotatable bonds is 7. The van der Waals surface area contributed by atoms with Crippen LogP contribution in [0.4, 0.5) is 0 Å². The minimum absolute atomic E-state index is 0.0867. The monoisotopic (exact) mass is 452 g/mol. The minimum atomic E-state index is -3.61. The van der Waals surface area contributed by atoms with E-state index in [9.17, 15) is 8.42 Å². The number of hydrogen-bond donors (Lipinski definition) is 1. The van der Waals surface area contributed by atoms with Gasteiger partial charge in [-0.2, -0.15) is 0 Å². The Kier molecular flexibility index (Phi) is 6.24. The van der Waals surface area contributed by atoms with E-state index < -0.39 is 10.0 Å². The van der Waals surface area contributed by atoms with Crippen molar-refractivity contribution in [1.82, 2.24) is 9.71 Å². The number of sulfonamides is 1. The summed E-state index contributed by atoms with van der Waals surface area (Å²) in [5.41, 5.74) is 4.16. The molecule has 1 aromatic heterocycles. The van der Waals surface area contributed by atoms with Gasteiger partial charge in [0.05, 0.1) is 4.90 Å². The highest BCUT2D eigenvalue weighted by Crippen LogP contribution is 2.53. The lowest BCUT2D eigenvalue weighted by molar-refractivity contribution is 0.457. The molecule has 162 valence electrons. The molecule has 0 aliphatic carbocycles. The van der Waals surface area contributed by atoms with Crippen LogP contribution in [-0.4, -0.2) is 19.9 Å². The highest BCUT2D eigenvalue weighted by molar-refractivity contribution is 7.99. The fourth-order valence-corrected chi connectivity index (χ4v) is 7.24. The smallest absolute Gasteiger partial charge is 0.240 e. The van der Waals surface area contributed by atoms with Gasteiger partial charge >= 0.3 is 0 Å². The summed E-state index contributed by atoms with van der Waals surface area (Å²) in [7, 11) is -3.61. The van der Waals surface area contributed by atoms with E-state index in [4.69, 9.17) is 0 Å². The third kappa shape index (κ3) is 4.04. The molecule has 3 aromatic rings. The van der Waals surface area contributed by atoms with E-state index in [1.165, 1.54) is 16.0 Å². The standard InChI is InChI=1S/C25H28N2O2S2/c1-4-25(5-2)20-11-6-7-12-22(20)30-23-17-24(18(3)16-21(23)25)31(28,29)27-15-13-19-10-8-9-14-26-19/h6-12,14,16-17,27H,4-5,13,15H2,1-3H3. The maximum atomic E-state index is 13.1. The molecule has 0 saturated carbocycles. The molecular formula is C25H28N2O2S2. The predicted octanol–water partition coefficient (Wildman–Crippen LogP) is 5.48. The summed E-state index contributed by atoms with van der Waals surface area (Å²) in [5.74, 6) is 0. The molecule has 0 fully saturated rings. The van der Waals surface area contributed by atoms with Crippen LogP contribution < -0.4 is 4.72 Å². The summed E-state index contributed by atoms with van der Waals surface area (Å²) >= 11 is 1.67. The Labute approximate surface area is 189 Å². The number of hydrogen-bond acceptors (Lipinski definition) is 4. The Morgan fingerprint density at radius 1 is 0.968 bits per heavy atom. The second kappa shape index (κ2) is 8.77. The second-order valence-electron chi connectivity index (χ2n) is 7.97. The lowest BCUT2D eigenvalue weighted by atomic mass is 9.70. The molecular weight excluding hydrogens is 424 g/mol. The number of pyridine rings is 1. The van der Waals surface area contributed by atoms with Crippen molar-refractivity contribution in [2.24, 2.45) is 0 Å². The first kappa shape index (κ1) is 22.1. The fourth-order valence-electron chi connectivity index (χ4n) is 4.58. The average molecular weight is 453 g/mol. The highest BCUT2D eigenvalue weighted by Gasteiger charge is 2.39. The Morgan fingerprint density at radius 2 is 1.71 bits per heavy atom. The van der Waals surface area contributed by atoms with Gasteiger partial charge in [0.15, 0.2) is 0 Å². The molecule has 31 heavy (non-hydrogen) atoms. The number of nitrogens with zero attached hydrogens (tertiary/aromatic N) is 1. The summed E-state index contributed by atoms with van der Waals surface area (Å²) in [6, 6.07) is 18.1. The van der Waals surface area contributed by atoms with Crippen molar-refractivity contribution < 1.29 is 8.42 Å². The van der Waals surface area contributed by atoms with E-state index in [1.54, 1.807) is 18.0 Å². The van der Waals surface area contributed by atoms with Crippen molar-refractivity contribution in [3.63, 3.8) is 0 Å². The SMILES string of the molecule is CCC1(CC)c2ccccc2Sc2cc(S(=O)(=O)NCCc3ccccn3)c(C)cc21. The Morgan fingerprint density at radius 3 is 2.42 bits per heavy atom. The van der Waals surface area contributed by atoms with Crippen molar-refractivity contribution in [2.75, 3.05) is 6.54 Å². The van der Waals surface area contributed by atoms with Gasteiger partial charge in [-0.1, -0.05) is 55.9 Å². The molecule has 1 aliphatic rings. The van der Waals surface area contributed by atoms with Gasteiger partial charge in [-0.25, -0.2) is 13.1 Å². The molecule has 0 unspecified atom stereocenters.